The number of aliphatic carboxylic acids is 1. The first-order chi connectivity index (χ1) is 9.99. The van der Waals surface area contributed by atoms with Crippen molar-refractivity contribution < 1.29 is 14.7 Å². The molecule has 0 saturated carbocycles. The van der Waals surface area contributed by atoms with Gasteiger partial charge in [-0.25, -0.2) is 4.79 Å². The molecule has 0 saturated heterocycles. The van der Waals surface area contributed by atoms with Gasteiger partial charge in [-0.3, -0.25) is 9.78 Å². The van der Waals surface area contributed by atoms with E-state index in [1.165, 1.54) is 0 Å². The standard InChI is InChI=1S/C16H16N2O3/c1-10(2)9-13(16(20)21)18-15(19)12-7-3-5-11-6-4-8-17-14(11)12/h3-8,13H,1,9H2,2H3,(H,18,19)(H,20,21)/t13-/m1/s1. The molecule has 0 aliphatic carbocycles. The van der Waals surface area contributed by atoms with E-state index in [0.29, 0.717) is 16.7 Å². The number of rotatable bonds is 5. The maximum absolute atomic E-state index is 12.3. The fourth-order valence-corrected chi connectivity index (χ4v) is 2.07. The summed E-state index contributed by atoms with van der Waals surface area (Å²) >= 11 is 0. The highest BCUT2D eigenvalue weighted by Gasteiger charge is 2.21. The Kier molecular flexibility index (Phi) is 4.33. The Hall–Kier alpha value is -2.69. The highest BCUT2D eigenvalue weighted by Crippen LogP contribution is 2.16. The Morgan fingerprint density at radius 2 is 2.05 bits per heavy atom. The molecule has 2 N–H and O–H groups in total. The van der Waals surface area contributed by atoms with Gasteiger partial charge < -0.3 is 10.4 Å². The second kappa shape index (κ2) is 6.17. The maximum Gasteiger partial charge on any atom is 0.326 e. The molecule has 1 aromatic carbocycles. The number of hydrogen-bond acceptors (Lipinski definition) is 3. The lowest BCUT2D eigenvalue weighted by atomic mass is 10.1. The molecule has 2 aromatic rings. The highest BCUT2D eigenvalue weighted by atomic mass is 16.4. The quantitative estimate of drug-likeness (QED) is 0.826. The van der Waals surface area contributed by atoms with Crippen LogP contribution in [0, 0.1) is 0 Å². The number of carboxylic acids is 1. The maximum atomic E-state index is 12.3. The van der Waals surface area contributed by atoms with Crippen LogP contribution >= 0.6 is 0 Å². The van der Waals surface area contributed by atoms with Gasteiger partial charge in [0.2, 0.25) is 0 Å². The Labute approximate surface area is 122 Å². The molecule has 1 amide bonds. The molecule has 0 aliphatic heterocycles. The smallest absolute Gasteiger partial charge is 0.326 e. The Morgan fingerprint density at radius 3 is 2.71 bits per heavy atom. The van der Waals surface area contributed by atoms with Crippen LogP contribution in [0.5, 0.6) is 0 Å². The molecule has 108 valence electrons. The first-order valence-corrected chi connectivity index (χ1v) is 6.51. The van der Waals surface area contributed by atoms with E-state index in [1.807, 2.05) is 12.1 Å². The highest BCUT2D eigenvalue weighted by molar-refractivity contribution is 6.06. The number of para-hydroxylation sites is 1. The van der Waals surface area contributed by atoms with E-state index in [4.69, 9.17) is 5.11 Å². The fraction of sp³-hybridized carbons (Fsp3) is 0.188. The zero-order valence-electron chi connectivity index (χ0n) is 11.7. The van der Waals surface area contributed by atoms with Gasteiger partial charge in [-0.2, -0.15) is 0 Å². The van der Waals surface area contributed by atoms with Crippen LogP contribution in [0.1, 0.15) is 23.7 Å². The van der Waals surface area contributed by atoms with Crippen molar-refractivity contribution in [2.75, 3.05) is 0 Å². The van der Waals surface area contributed by atoms with Crippen molar-refractivity contribution in [3.63, 3.8) is 0 Å². The predicted molar refractivity (Wildman–Crippen MR) is 80.1 cm³/mol. The minimum absolute atomic E-state index is 0.194. The summed E-state index contributed by atoms with van der Waals surface area (Å²) in [5.74, 6) is -1.53. The molecule has 5 heteroatoms. The summed E-state index contributed by atoms with van der Waals surface area (Å²) in [5, 5.41) is 12.5. The van der Waals surface area contributed by atoms with Gasteiger partial charge in [0.1, 0.15) is 6.04 Å². The monoisotopic (exact) mass is 284 g/mol. The molecular formula is C16H16N2O3. The van der Waals surface area contributed by atoms with Crippen molar-refractivity contribution >= 4 is 22.8 Å². The number of carbonyl (C=O) groups is 2. The van der Waals surface area contributed by atoms with Gasteiger partial charge in [0.05, 0.1) is 11.1 Å². The predicted octanol–water partition coefficient (Wildman–Crippen LogP) is 2.38. The number of pyridine rings is 1. The van der Waals surface area contributed by atoms with E-state index in [2.05, 4.69) is 16.9 Å². The van der Waals surface area contributed by atoms with Gasteiger partial charge >= 0.3 is 5.97 Å². The van der Waals surface area contributed by atoms with Crippen LogP contribution in [0.4, 0.5) is 0 Å². The molecule has 1 aromatic heterocycles. The number of benzene rings is 1. The number of nitrogens with one attached hydrogen (secondary N) is 1. The number of carbonyl (C=O) groups excluding carboxylic acids is 1. The summed E-state index contributed by atoms with van der Waals surface area (Å²) in [6.45, 7) is 5.40. The molecular weight excluding hydrogens is 268 g/mol. The molecule has 1 atom stereocenters. The lowest BCUT2D eigenvalue weighted by Gasteiger charge is -2.15. The van der Waals surface area contributed by atoms with Crippen LogP contribution in [0.3, 0.4) is 0 Å². The Bertz CT molecular complexity index is 704. The molecule has 0 bridgehead atoms. The summed E-state index contributed by atoms with van der Waals surface area (Å²) in [6.07, 6.45) is 1.79. The minimum atomic E-state index is -1.08. The number of aromatic nitrogens is 1. The van der Waals surface area contributed by atoms with Crippen molar-refractivity contribution in [2.45, 2.75) is 19.4 Å². The molecule has 1 heterocycles. The summed E-state index contributed by atoms with van der Waals surface area (Å²) in [4.78, 5) is 27.7. The lowest BCUT2D eigenvalue weighted by molar-refractivity contribution is -0.139. The van der Waals surface area contributed by atoms with E-state index in [9.17, 15) is 9.59 Å². The van der Waals surface area contributed by atoms with Crippen LogP contribution in [-0.2, 0) is 4.79 Å². The van der Waals surface area contributed by atoms with E-state index in [-0.39, 0.29) is 6.42 Å². The van der Waals surface area contributed by atoms with E-state index < -0.39 is 17.9 Å². The van der Waals surface area contributed by atoms with Crippen molar-refractivity contribution in [1.82, 2.24) is 10.3 Å². The molecule has 5 nitrogen and oxygen atoms in total. The molecule has 0 aliphatic rings. The van der Waals surface area contributed by atoms with Gasteiger partial charge in [-0.05, 0) is 25.5 Å². The number of carboxylic acid groups (broad SMARTS) is 1. The molecule has 0 unspecified atom stereocenters. The van der Waals surface area contributed by atoms with E-state index >= 15 is 0 Å². The van der Waals surface area contributed by atoms with Gasteiger partial charge in [-0.1, -0.05) is 23.8 Å². The van der Waals surface area contributed by atoms with E-state index in [0.717, 1.165) is 5.39 Å². The Balaban J connectivity index is 2.29. The normalized spacial score (nSPS) is 11.9. The average Bonchev–Trinajstić information content (AvgIpc) is 2.45. The SMILES string of the molecule is C=C(C)C[C@@H](NC(=O)c1cccc2cccnc12)C(=O)O. The van der Waals surface area contributed by atoms with Crippen LogP contribution in [0.25, 0.3) is 10.9 Å². The summed E-state index contributed by atoms with van der Waals surface area (Å²) in [5.41, 5.74) is 1.61. The van der Waals surface area contributed by atoms with Crippen molar-refractivity contribution in [1.29, 1.82) is 0 Å². The molecule has 0 fully saturated rings. The van der Waals surface area contributed by atoms with Crippen molar-refractivity contribution in [2.24, 2.45) is 0 Å². The van der Waals surface area contributed by atoms with Crippen LogP contribution in [0.15, 0.2) is 48.7 Å². The Morgan fingerprint density at radius 1 is 1.33 bits per heavy atom. The third-order valence-electron chi connectivity index (χ3n) is 3.03. The molecule has 21 heavy (non-hydrogen) atoms. The van der Waals surface area contributed by atoms with Gasteiger partial charge in [0.25, 0.3) is 5.91 Å². The molecule has 2 rings (SSSR count). The van der Waals surface area contributed by atoms with Crippen LogP contribution < -0.4 is 5.32 Å². The number of nitrogens with zero attached hydrogens (tertiary/aromatic N) is 1. The first kappa shape index (κ1) is 14.7. The summed E-state index contributed by atoms with van der Waals surface area (Å²) in [6, 6.07) is 7.86. The lowest BCUT2D eigenvalue weighted by Crippen LogP contribution is -2.41. The van der Waals surface area contributed by atoms with Crippen LogP contribution in [-0.4, -0.2) is 28.0 Å². The third-order valence-corrected chi connectivity index (χ3v) is 3.03. The van der Waals surface area contributed by atoms with Crippen molar-refractivity contribution in [3.8, 4) is 0 Å². The van der Waals surface area contributed by atoms with Crippen LogP contribution in [0.2, 0.25) is 0 Å². The zero-order chi connectivity index (χ0) is 15.4. The largest absolute Gasteiger partial charge is 0.480 e. The zero-order valence-corrected chi connectivity index (χ0v) is 11.7. The number of amides is 1. The van der Waals surface area contributed by atoms with Crippen molar-refractivity contribution in [3.05, 3.63) is 54.2 Å². The molecule has 0 radical (unpaired) electrons. The number of fused-ring (bicyclic) bond motifs is 1. The third kappa shape index (κ3) is 3.45. The second-order valence-electron chi connectivity index (χ2n) is 4.91. The van der Waals surface area contributed by atoms with Gasteiger partial charge in [0.15, 0.2) is 0 Å². The first-order valence-electron chi connectivity index (χ1n) is 6.51. The molecule has 0 spiro atoms. The second-order valence-corrected chi connectivity index (χ2v) is 4.91. The average molecular weight is 284 g/mol. The summed E-state index contributed by atoms with van der Waals surface area (Å²) in [7, 11) is 0. The fourth-order valence-electron chi connectivity index (χ4n) is 2.07. The minimum Gasteiger partial charge on any atom is -0.480 e. The summed E-state index contributed by atoms with van der Waals surface area (Å²) < 4.78 is 0. The number of hydrogen-bond donors (Lipinski definition) is 2. The van der Waals surface area contributed by atoms with E-state index in [1.54, 1.807) is 31.3 Å². The topological polar surface area (TPSA) is 79.3 Å². The van der Waals surface area contributed by atoms with Gasteiger partial charge in [0, 0.05) is 11.6 Å². The van der Waals surface area contributed by atoms with Gasteiger partial charge in [-0.15, -0.1) is 6.58 Å².